The molecule has 2 aromatic rings. The summed E-state index contributed by atoms with van der Waals surface area (Å²) in [5.41, 5.74) is 2.13. The van der Waals surface area contributed by atoms with Crippen LogP contribution in [-0.2, 0) is 6.54 Å². The molecule has 0 aromatic carbocycles. The number of nitrogens with zero attached hydrogens (tertiary/aromatic N) is 2. The highest BCUT2D eigenvalue weighted by Gasteiger charge is 2.25. The van der Waals surface area contributed by atoms with Crippen LogP contribution in [0.3, 0.4) is 0 Å². The number of rotatable bonds is 8. The maximum absolute atomic E-state index is 12.8. The van der Waals surface area contributed by atoms with Crippen molar-refractivity contribution < 1.29 is 9.59 Å². The van der Waals surface area contributed by atoms with E-state index in [1.165, 1.54) is 18.7 Å². The Morgan fingerprint density at radius 2 is 2.00 bits per heavy atom. The number of thioether (sulfide) groups is 1. The Morgan fingerprint density at radius 3 is 2.56 bits per heavy atom. The fraction of sp³-hybridized carbons (Fsp3) is 0.529. The average Bonchev–Trinajstić information content (AvgIpc) is 3.04. The van der Waals surface area contributed by atoms with Crippen LogP contribution in [-0.4, -0.2) is 36.6 Å². The highest BCUT2D eigenvalue weighted by Crippen LogP contribution is 2.26. The standard InChI is InChI=1S/C17H24N4O3S/c1-6-7-8-21-16(24)19-20-17(21)25-12(5)15(23)14-9(2)13(11(4)22)10(3)18-14/h12,18H,6-8H2,1-5H3,(H,19,24)/t12-/m0/s1. The summed E-state index contributed by atoms with van der Waals surface area (Å²) in [5.74, 6) is -0.179. The second-order valence-electron chi connectivity index (χ2n) is 6.12. The van der Waals surface area contributed by atoms with Crippen LogP contribution in [0.15, 0.2) is 9.95 Å². The molecule has 0 unspecified atom stereocenters. The summed E-state index contributed by atoms with van der Waals surface area (Å²) in [6.45, 7) is 9.45. The predicted octanol–water partition coefficient (Wildman–Crippen LogP) is 2.88. The number of carbonyl (C=O) groups is 2. The van der Waals surface area contributed by atoms with E-state index in [0.29, 0.717) is 34.2 Å². The zero-order valence-corrected chi connectivity index (χ0v) is 16.0. The first-order chi connectivity index (χ1) is 11.8. The van der Waals surface area contributed by atoms with Gasteiger partial charge in [0.2, 0.25) is 0 Å². The molecule has 0 bridgehead atoms. The van der Waals surface area contributed by atoms with Crippen LogP contribution in [0.2, 0.25) is 0 Å². The van der Waals surface area contributed by atoms with Crippen molar-refractivity contribution in [2.24, 2.45) is 0 Å². The minimum absolute atomic E-state index is 0.0636. The minimum Gasteiger partial charge on any atom is -0.355 e. The smallest absolute Gasteiger partial charge is 0.343 e. The van der Waals surface area contributed by atoms with Crippen molar-refractivity contribution in [3.8, 4) is 0 Å². The number of hydrogen-bond acceptors (Lipinski definition) is 5. The first-order valence-corrected chi connectivity index (χ1v) is 9.22. The van der Waals surface area contributed by atoms with Crippen molar-refractivity contribution in [3.63, 3.8) is 0 Å². The molecule has 0 aliphatic rings. The van der Waals surface area contributed by atoms with Gasteiger partial charge in [-0.05, 0) is 39.7 Å². The van der Waals surface area contributed by atoms with Gasteiger partial charge in [-0.2, -0.15) is 0 Å². The molecule has 0 radical (unpaired) electrons. The van der Waals surface area contributed by atoms with Gasteiger partial charge in [0.15, 0.2) is 16.7 Å². The second kappa shape index (κ2) is 7.86. The zero-order chi connectivity index (χ0) is 18.7. The number of unbranched alkanes of at least 4 members (excludes halogenated alkanes) is 1. The monoisotopic (exact) mass is 364 g/mol. The van der Waals surface area contributed by atoms with Gasteiger partial charge in [0, 0.05) is 17.8 Å². The molecule has 25 heavy (non-hydrogen) atoms. The van der Waals surface area contributed by atoms with E-state index in [9.17, 15) is 14.4 Å². The molecule has 0 fully saturated rings. The van der Waals surface area contributed by atoms with E-state index in [0.717, 1.165) is 12.8 Å². The third-order valence-corrected chi connectivity index (χ3v) is 5.24. The Bertz CT molecular complexity index is 847. The first kappa shape index (κ1) is 19.2. The minimum atomic E-state index is -0.438. The van der Waals surface area contributed by atoms with Crippen LogP contribution < -0.4 is 5.69 Å². The Hall–Kier alpha value is -2.09. The van der Waals surface area contributed by atoms with Crippen LogP contribution >= 0.6 is 11.8 Å². The van der Waals surface area contributed by atoms with Crippen LogP contribution in [0.1, 0.15) is 65.7 Å². The topological polar surface area (TPSA) is 101 Å². The van der Waals surface area contributed by atoms with Gasteiger partial charge in [-0.25, -0.2) is 9.89 Å². The third kappa shape index (κ3) is 3.95. The average molecular weight is 364 g/mol. The van der Waals surface area contributed by atoms with Crippen LogP contribution in [0, 0.1) is 13.8 Å². The van der Waals surface area contributed by atoms with Crippen molar-refractivity contribution >= 4 is 23.3 Å². The number of aromatic nitrogens is 4. The molecule has 0 amide bonds. The van der Waals surface area contributed by atoms with Gasteiger partial charge in [0.25, 0.3) is 0 Å². The SMILES string of the molecule is CCCCn1c(S[C@@H](C)C(=O)c2[nH]c(C)c(C(C)=O)c2C)n[nH]c1=O. The van der Waals surface area contributed by atoms with E-state index in [2.05, 4.69) is 15.2 Å². The third-order valence-electron chi connectivity index (χ3n) is 4.15. The van der Waals surface area contributed by atoms with Gasteiger partial charge in [-0.15, -0.1) is 5.10 Å². The van der Waals surface area contributed by atoms with E-state index in [1.807, 2.05) is 6.92 Å². The van der Waals surface area contributed by atoms with E-state index in [-0.39, 0.29) is 17.3 Å². The Kier molecular flexibility index (Phi) is 6.05. The number of ketones is 2. The largest absolute Gasteiger partial charge is 0.355 e. The van der Waals surface area contributed by atoms with Crippen molar-refractivity contribution in [2.45, 2.75) is 64.4 Å². The number of H-pyrrole nitrogens is 2. The number of carbonyl (C=O) groups excluding carboxylic acids is 2. The highest BCUT2D eigenvalue weighted by atomic mass is 32.2. The highest BCUT2D eigenvalue weighted by molar-refractivity contribution is 8.00. The predicted molar refractivity (Wildman–Crippen MR) is 97.7 cm³/mol. The first-order valence-electron chi connectivity index (χ1n) is 8.34. The molecule has 0 aliphatic carbocycles. The zero-order valence-electron chi connectivity index (χ0n) is 15.2. The molecule has 1 atom stereocenters. The van der Waals surface area contributed by atoms with E-state index < -0.39 is 5.25 Å². The molecule has 0 aliphatic heterocycles. The number of nitrogens with one attached hydrogen (secondary N) is 2. The van der Waals surface area contributed by atoms with Gasteiger partial charge >= 0.3 is 5.69 Å². The maximum Gasteiger partial charge on any atom is 0.343 e. The molecule has 136 valence electrons. The molecular weight excluding hydrogens is 340 g/mol. The van der Waals surface area contributed by atoms with Gasteiger partial charge in [-0.3, -0.25) is 14.2 Å². The Balaban J connectivity index is 2.24. The van der Waals surface area contributed by atoms with Crippen LogP contribution in [0.25, 0.3) is 0 Å². The maximum atomic E-state index is 12.8. The lowest BCUT2D eigenvalue weighted by molar-refractivity contribution is 0.0988. The number of Topliss-reactive ketones (excluding diaryl/α,β-unsaturated/α-hetero) is 2. The van der Waals surface area contributed by atoms with Crippen molar-refractivity contribution in [1.82, 2.24) is 19.7 Å². The van der Waals surface area contributed by atoms with Gasteiger partial charge < -0.3 is 4.98 Å². The van der Waals surface area contributed by atoms with Crippen molar-refractivity contribution in [3.05, 3.63) is 33.0 Å². The lowest BCUT2D eigenvalue weighted by Gasteiger charge is -2.10. The molecule has 7 nitrogen and oxygen atoms in total. The van der Waals surface area contributed by atoms with E-state index in [1.54, 1.807) is 25.3 Å². The summed E-state index contributed by atoms with van der Waals surface area (Å²) >= 11 is 1.24. The van der Waals surface area contributed by atoms with Crippen LogP contribution in [0.4, 0.5) is 0 Å². The van der Waals surface area contributed by atoms with E-state index >= 15 is 0 Å². The summed E-state index contributed by atoms with van der Waals surface area (Å²) in [5, 5.41) is 6.54. The molecule has 0 saturated carbocycles. The van der Waals surface area contributed by atoms with Gasteiger partial charge in [0.05, 0.1) is 10.9 Å². The summed E-state index contributed by atoms with van der Waals surface area (Å²) in [6, 6.07) is 0. The molecule has 8 heteroatoms. The molecule has 2 N–H and O–H groups in total. The second-order valence-corrected chi connectivity index (χ2v) is 7.43. The Labute approximate surface area is 150 Å². The number of hydrogen-bond donors (Lipinski definition) is 2. The van der Waals surface area contributed by atoms with Crippen LogP contribution in [0.5, 0.6) is 0 Å². The lowest BCUT2D eigenvalue weighted by atomic mass is 10.0. The van der Waals surface area contributed by atoms with Gasteiger partial charge in [-0.1, -0.05) is 25.1 Å². The fourth-order valence-electron chi connectivity index (χ4n) is 2.85. The molecule has 0 saturated heterocycles. The van der Waals surface area contributed by atoms with Gasteiger partial charge in [0.1, 0.15) is 0 Å². The number of aromatic amines is 2. The van der Waals surface area contributed by atoms with Crippen molar-refractivity contribution in [1.29, 1.82) is 0 Å². The summed E-state index contributed by atoms with van der Waals surface area (Å²) < 4.78 is 1.56. The molecular formula is C17H24N4O3S. The molecule has 2 aromatic heterocycles. The lowest BCUT2D eigenvalue weighted by Crippen LogP contribution is -2.20. The quantitative estimate of drug-likeness (QED) is 0.554. The fourth-order valence-corrected chi connectivity index (χ4v) is 3.79. The summed E-state index contributed by atoms with van der Waals surface area (Å²) in [4.78, 5) is 39.4. The number of aryl methyl sites for hydroxylation is 1. The normalized spacial score (nSPS) is 12.4. The Morgan fingerprint density at radius 1 is 1.32 bits per heavy atom. The molecule has 2 heterocycles. The summed E-state index contributed by atoms with van der Waals surface area (Å²) in [7, 11) is 0. The van der Waals surface area contributed by atoms with Crippen molar-refractivity contribution in [2.75, 3.05) is 0 Å². The molecule has 2 rings (SSSR count). The summed E-state index contributed by atoms with van der Waals surface area (Å²) in [6.07, 6.45) is 1.83. The van der Waals surface area contributed by atoms with E-state index in [4.69, 9.17) is 0 Å². The molecule has 0 spiro atoms.